The third-order valence-electron chi connectivity index (χ3n) is 6.72. The molecule has 2 amide bonds. The van der Waals surface area contributed by atoms with Crippen LogP contribution in [0.4, 0.5) is 4.79 Å². The molecule has 28 heavy (non-hydrogen) atoms. The second kappa shape index (κ2) is 7.55. The Labute approximate surface area is 167 Å². The van der Waals surface area contributed by atoms with Crippen LogP contribution < -0.4 is 5.32 Å². The van der Waals surface area contributed by atoms with Gasteiger partial charge in [-0.1, -0.05) is 36.4 Å². The van der Waals surface area contributed by atoms with Crippen molar-refractivity contribution in [3.8, 4) is 0 Å². The molecule has 1 aliphatic heterocycles. The predicted molar refractivity (Wildman–Crippen MR) is 111 cm³/mol. The molecule has 0 unspecified atom stereocenters. The minimum atomic E-state index is -0.0878. The summed E-state index contributed by atoms with van der Waals surface area (Å²) in [5.41, 5.74) is 2.38. The fourth-order valence-corrected chi connectivity index (χ4v) is 4.93. The molecule has 5 heteroatoms. The Kier molecular flexibility index (Phi) is 5.11. The third-order valence-corrected chi connectivity index (χ3v) is 6.72. The molecule has 1 aromatic carbocycles. The number of amides is 2. The van der Waals surface area contributed by atoms with Crippen molar-refractivity contribution in [3.05, 3.63) is 66.0 Å². The van der Waals surface area contributed by atoms with Gasteiger partial charge in [0.05, 0.1) is 5.54 Å². The van der Waals surface area contributed by atoms with E-state index >= 15 is 0 Å². The highest BCUT2D eigenvalue weighted by Crippen LogP contribution is 2.45. The van der Waals surface area contributed by atoms with Gasteiger partial charge in [0.2, 0.25) is 0 Å². The summed E-state index contributed by atoms with van der Waals surface area (Å²) in [7, 11) is 4.36. The zero-order valence-corrected chi connectivity index (χ0v) is 16.9. The minimum absolute atomic E-state index is 0.0542. The molecule has 2 aliphatic rings. The van der Waals surface area contributed by atoms with Crippen molar-refractivity contribution in [2.24, 2.45) is 0 Å². The number of urea groups is 1. The molecule has 2 heterocycles. The van der Waals surface area contributed by atoms with Crippen LogP contribution >= 0.6 is 0 Å². The molecule has 1 aromatic heterocycles. The van der Waals surface area contributed by atoms with Crippen LogP contribution in [0.3, 0.4) is 0 Å². The summed E-state index contributed by atoms with van der Waals surface area (Å²) in [6, 6.07) is 16.8. The van der Waals surface area contributed by atoms with Crippen LogP contribution in [-0.4, -0.2) is 53.5 Å². The van der Waals surface area contributed by atoms with Crippen LogP contribution in [0.15, 0.2) is 54.7 Å². The third kappa shape index (κ3) is 3.51. The van der Waals surface area contributed by atoms with Crippen molar-refractivity contribution < 1.29 is 4.79 Å². The molecule has 1 aliphatic carbocycles. The van der Waals surface area contributed by atoms with Crippen LogP contribution in [0, 0.1) is 0 Å². The first kappa shape index (κ1) is 18.9. The van der Waals surface area contributed by atoms with Crippen molar-refractivity contribution in [2.45, 2.75) is 43.2 Å². The van der Waals surface area contributed by atoms with Gasteiger partial charge in [-0.15, -0.1) is 0 Å². The molecule has 5 nitrogen and oxygen atoms in total. The maximum Gasteiger partial charge on any atom is 0.317 e. The molecular formula is C23H30N4O. The number of pyridine rings is 1. The zero-order chi connectivity index (χ0) is 19.6. The van der Waals surface area contributed by atoms with E-state index in [1.165, 1.54) is 5.56 Å². The number of nitrogens with one attached hydrogen (secondary N) is 1. The first-order chi connectivity index (χ1) is 13.5. The Bertz CT molecular complexity index is 798. The number of carbonyl (C=O) groups is 1. The summed E-state index contributed by atoms with van der Waals surface area (Å²) in [5, 5.41) is 3.33. The first-order valence-corrected chi connectivity index (χ1v) is 10.2. The normalized spacial score (nSPS) is 27.4. The van der Waals surface area contributed by atoms with Gasteiger partial charge in [0.1, 0.15) is 0 Å². The topological polar surface area (TPSA) is 48.5 Å². The van der Waals surface area contributed by atoms with E-state index in [0.717, 1.165) is 50.9 Å². The lowest BCUT2D eigenvalue weighted by Gasteiger charge is -2.48. The molecule has 1 saturated heterocycles. The van der Waals surface area contributed by atoms with E-state index in [2.05, 4.69) is 59.6 Å². The van der Waals surface area contributed by atoms with Gasteiger partial charge in [0.25, 0.3) is 0 Å². The molecule has 148 valence electrons. The van der Waals surface area contributed by atoms with Crippen molar-refractivity contribution in [1.29, 1.82) is 0 Å². The molecule has 1 N–H and O–H groups in total. The fourth-order valence-electron chi connectivity index (χ4n) is 4.93. The number of nitrogens with zero attached hydrogens (tertiary/aromatic N) is 3. The van der Waals surface area contributed by atoms with Crippen LogP contribution in [0.5, 0.6) is 0 Å². The number of hydrogen-bond acceptors (Lipinski definition) is 3. The Morgan fingerprint density at radius 3 is 2.39 bits per heavy atom. The van der Waals surface area contributed by atoms with Gasteiger partial charge in [-0.25, -0.2) is 4.79 Å². The minimum Gasteiger partial charge on any atom is -0.331 e. The standard InChI is InChI=1S/C23H30N4O/c1-26(2)23(19-8-4-3-5-9-19)14-12-22(13-15-23)18-27(21(28)25-22)17-11-20-10-6-7-16-24-20/h3-10,16H,11-15,17-18H2,1-2H3,(H,25,28)/t22-,23+. The van der Waals surface area contributed by atoms with Crippen molar-refractivity contribution in [3.63, 3.8) is 0 Å². The molecule has 0 radical (unpaired) electrons. The molecular weight excluding hydrogens is 348 g/mol. The van der Waals surface area contributed by atoms with Gasteiger partial charge in [0, 0.05) is 36.9 Å². The Hall–Kier alpha value is -2.40. The van der Waals surface area contributed by atoms with Gasteiger partial charge in [-0.3, -0.25) is 9.88 Å². The number of carbonyl (C=O) groups excluding carboxylic acids is 1. The highest BCUT2D eigenvalue weighted by Gasteiger charge is 2.49. The molecule has 0 atom stereocenters. The molecule has 0 bridgehead atoms. The summed E-state index contributed by atoms with van der Waals surface area (Å²) < 4.78 is 0. The lowest BCUT2D eigenvalue weighted by molar-refractivity contribution is 0.0620. The van der Waals surface area contributed by atoms with Crippen LogP contribution in [0.1, 0.15) is 36.9 Å². The average Bonchev–Trinajstić information content (AvgIpc) is 3.03. The summed E-state index contributed by atoms with van der Waals surface area (Å²) in [6.45, 7) is 1.53. The summed E-state index contributed by atoms with van der Waals surface area (Å²) in [6.07, 6.45) is 6.73. The molecule has 4 rings (SSSR count). The smallest absolute Gasteiger partial charge is 0.317 e. The maximum atomic E-state index is 12.6. The second-order valence-corrected chi connectivity index (χ2v) is 8.50. The number of aromatic nitrogens is 1. The van der Waals surface area contributed by atoms with Gasteiger partial charge in [0.15, 0.2) is 0 Å². The molecule has 1 saturated carbocycles. The second-order valence-electron chi connectivity index (χ2n) is 8.50. The van der Waals surface area contributed by atoms with Crippen LogP contribution in [-0.2, 0) is 12.0 Å². The average molecular weight is 379 g/mol. The quantitative estimate of drug-likeness (QED) is 0.867. The zero-order valence-electron chi connectivity index (χ0n) is 16.9. The highest BCUT2D eigenvalue weighted by molar-refractivity contribution is 5.78. The van der Waals surface area contributed by atoms with Crippen LogP contribution in [0.2, 0.25) is 0 Å². The summed E-state index contributed by atoms with van der Waals surface area (Å²) in [4.78, 5) is 21.3. The fraction of sp³-hybridized carbons (Fsp3) is 0.478. The number of rotatable bonds is 5. The van der Waals surface area contributed by atoms with E-state index < -0.39 is 0 Å². The van der Waals surface area contributed by atoms with Crippen molar-refractivity contribution in [1.82, 2.24) is 20.1 Å². The van der Waals surface area contributed by atoms with E-state index in [1.54, 1.807) is 0 Å². The van der Waals surface area contributed by atoms with Crippen molar-refractivity contribution in [2.75, 3.05) is 27.2 Å². The maximum absolute atomic E-state index is 12.6. The first-order valence-electron chi connectivity index (χ1n) is 10.2. The monoisotopic (exact) mass is 378 g/mol. The number of benzene rings is 1. The molecule has 1 spiro atoms. The SMILES string of the molecule is CN(C)[C@]1(c2ccccc2)CC[C@]2(CC1)CN(CCc1ccccn1)C(=O)N2. The summed E-state index contributed by atoms with van der Waals surface area (Å²) in [5.74, 6) is 0. The Morgan fingerprint density at radius 2 is 1.75 bits per heavy atom. The molecule has 2 aromatic rings. The predicted octanol–water partition coefficient (Wildman–Crippen LogP) is 3.42. The Morgan fingerprint density at radius 1 is 1.04 bits per heavy atom. The summed E-state index contributed by atoms with van der Waals surface area (Å²) >= 11 is 0. The van der Waals surface area contributed by atoms with Gasteiger partial charge < -0.3 is 10.2 Å². The lowest BCUT2D eigenvalue weighted by Crippen LogP contribution is -2.54. The van der Waals surface area contributed by atoms with E-state index in [4.69, 9.17) is 0 Å². The lowest BCUT2D eigenvalue weighted by atomic mass is 9.69. The van der Waals surface area contributed by atoms with Gasteiger partial charge in [-0.2, -0.15) is 0 Å². The van der Waals surface area contributed by atoms with Gasteiger partial charge >= 0.3 is 6.03 Å². The van der Waals surface area contributed by atoms with Gasteiger partial charge in [-0.05, 0) is 57.5 Å². The largest absolute Gasteiger partial charge is 0.331 e. The molecule has 2 fully saturated rings. The highest BCUT2D eigenvalue weighted by atomic mass is 16.2. The van der Waals surface area contributed by atoms with E-state index in [9.17, 15) is 4.79 Å². The van der Waals surface area contributed by atoms with E-state index in [1.807, 2.05) is 29.3 Å². The van der Waals surface area contributed by atoms with E-state index in [-0.39, 0.29) is 17.1 Å². The van der Waals surface area contributed by atoms with E-state index in [0.29, 0.717) is 0 Å². The van der Waals surface area contributed by atoms with Crippen molar-refractivity contribution >= 4 is 6.03 Å². The Balaban J connectivity index is 1.43. The number of hydrogen-bond donors (Lipinski definition) is 1. The van der Waals surface area contributed by atoms with Crippen LogP contribution in [0.25, 0.3) is 0 Å².